The van der Waals surface area contributed by atoms with Gasteiger partial charge in [0, 0.05) is 11.1 Å². The summed E-state index contributed by atoms with van der Waals surface area (Å²) in [5.74, 6) is -1.64. The van der Waals surface area contributed by atoms with Crippen LogP contribution in [0.5, 0.6) is 0 Å². The molecule has 0 bridgehead atoms. The molecule has 0 heterocycles. The fourth-order valence-electron chi connectivity index (χ4n) is 1.93. The van der Waals surface area contributed by atoms with Crippen molar-refractivity contribution in [3.8, 4) is 0 Å². The molecule has 1 amide bonds. The predicted molar refractivity (Wildman–Crippen MR) is 78.3 cm³/mol. The van der Waals surface area contributed by atoms with Crippen molar-refractivity contribution in [2.45, 2.75) is 0 Å². The molecule has 0 spiro atoms. The highest BCUT2D eigenvalue weighted by Gasteiger charge is 2.16. The molecular weight excluding hydrogens is 278 g/mol. The Kier molecular flexibility index (Phi) is 4.36. The third kappa shape index (κ3) is 3.55. The van der Waals surface area contributed by atoms with Gasteiger partial charge in [0.2, 0.25) is 5.91 Å². The quantitative estimate of drug-likeness (QED) is 0.867. The predicted octanol–water partition coefficient (Wildman–Crippen LogP) is 1.19. The number of benzene rings is 2. The van der Waals surface area contributed by atoms with Crippen molar-refractivity contribution in [2.24, 2.45) is 0 Å². The van der Waals surface area contributed by atoms with Crippen LogP contribution in [0, 0.1) is 0 Å². The fourth-order valence-corrected chi connectivity index (χ4v) is 2.83. The van der Waals surface area contributed by atoms with Crippen molar-refractivity contribution in [1.29, 1.82) is 0 Å². The average molecular weight is 293 g/mol. The summed E-state index contributed by atoms with van der Waals surface area (Å²) < 4.78 is 22.9. The minimum Gasteiger partial charge on any atom is -0.395 e. The Hall–Kier alpha value is -1.92. The lowest BCUT2D eigenvalue weighted by Gasteiger charge is -2.08. The van der Waals surface area contributed by atoms with Crippen molar-refractivity contribution in [3.05, 3.63) is 42.5 Å². The fraction of sp³-hybridized carbons (Fsp3) is 0.214. The van der Waals surface area contributed by atoms with Gasteiger partial charge in [0.1, 0.15) is 5.75 Å². The second-order valence-corrected chi connectivity index (χ2v) is 6.57. The third-order valence-electron chi connectivity index (χ3n) is 2.82. The Morgan fingerprint density at radius 3 is 2.55 bits per heavy atom. The molecule has 0 aliphatic heterocycles. The van der Waals surface area contributed by atoms with Gasteiger partial charge in [0.15, 0.2) is 9.84 Å². The van der Waals surface area contributed by atoms with E-state index in [0.29, 0.717) is 5.69 Å². The van der Waals surface area contributed by atoms with Crippen LogP contribution in [0.1, 0.15) is 0 Å². The van der Waals surface area contributed by atoms with Crippen LogP contribution in [-0.2, 0) is 14.6 Å². The zero-order chi connectivity index (χ0) is 14.6. The number of amides is 1. The highest BCUT2D eigenvalue weighted by atomic mass is 32.2. The molecule has 2 rings (SSSR count). The number of hydrogen-bond acceptors (Lipinski definition) is 4. The summed E-state index contributed by atoms with van der Waals surface area (Å²) in [6.07, 6.45) is 0. The summed E-state index contributed by atoms with van der Waals surface area (Å²) in [5, 5.41) is 13.0. The van der Waals surface area contributed by atoms with Crippen molar-refractivity contribution in [3.63, 3.8) is 0 Å². The van der Waals surface area contributed by atoms with E-state index in [9.17, 15) is 13.2 Å². The second-order valence-electron chi connectivity index (χ2n) is 4.39. The summed E-state index contributed by atoms with van der Waals surface area (Å²) in [5.41, 5.74) is 0.576. The maximum absolute atomic E-state index is 11.8. The highest BCUT2D eigenvalue weighted by Crippen LogP contribution is 2.22. The Balaban J connectivity index is 2.18. The van der Waals surface area contributed by atoms with E-state index >= 15 is 0 Å². The third-order valence-corrected chi connectivity index (χ3v) is 4.32. The Morgan fingerprint density at radius 2 is 1.80 bits per heavy atom. The number of fused-ring (bicyclic) bond motifs is 1. The van der Waals surface area contributed by atoms with Crippen LogP contribution >= 0.6 is 0 Å². The first-order chi connectivity index (χ1) is 9.52. The van der Waals surface area contributed by atoms with Gasteiger partial charge >= 0.3 is 0 Å². The van der Waals surface area contributed by atoms with Crippen molar-refractivity contribution in [1.82, 2.24) is 0 Å². The highest BCUT2D eigenvalue weighted by molar-refractivity contribution is 7.92. The van der Waals surface area contributed by atoms with Gasteiger partial charge in [-0.15, -0.1) is 0 Å². The van der Waals surface area contributed by atoms with Crippen LogP contribution in [0.4, 0.5) is 5.69 Å². The van der Waals surface area contributed by atoms with Gasteiger partial charge < -0.3 is 10.4 Å². The normalized spacial score (nSPS) is 11.4. The number of nitrogens with one attached hydrogen (secondary N) is 1. The molecule has 0 radical (unpaired) electrons. The van der Waals surface area contributed by atoms with E-state index in [1.807, 2.05) is 30.3 Å². The monoisotopic (exact) mass is 293 g/mol. The molecule has 0 unspecified atom stereocenters. The smallest absolute Gasteiger partial charge is 0.239 e. The first kappa shape index (κ1) is 14.5. The number of carbonyl (C=O) groups excluding carboxylic acids is 1. The number of sulfone groups is 1. The van der Waals surface area contributed by atoms with Gasteiger partial charge in [-0.1, -0.05) is 36.4 Å². The molecule has 0 atom stereocenters. The first-order valence-corrected chi connectivity index (χ1v) is 7.93. The molecule has 2 aromatic rings. The lowest BCUT2D eigenvalue weighted by molar-refractivity contribution is -0.113. The largest absolute Gasteiger partial charge is 0.395 e. The van der Waals surface area contributed by atoms with E-state index in [0.717, 1.165) is 10.8 Å². The van der Waals surface area contributed by atoms with E-state index in [-0.39, 0.29) is 0 Å². The van der Waals surface area contributed by atoms with Crippen molar-refractivity contribution >= 4 is 32.2 Å². The Morgan fingerprint density at radius 1 is 1.10 bits per heavy atom. The Bertz CT molecular complexity index is 720. The summed E-state index contributed by atoms with van der Waals surface area (Å²) in [6, 6.07) is 12.9. The zero-order valence-electron chi connectivity index (χ0n) is 10.7. The van der Waals surface area contributed by atoms with Crippen LogP contribution in [0.3, 0.4) is 0 Å². The number of aliphatic hydroxyl groups is 1. The topological polar surface area (TPSA) is 83.5 Å². The van der Waals surface area contributed by atoms with Crippen LogP contribution in [0.15, 0.2) is 42.5 Å². The van der Waals surface area contributed by atoms with Gasteiger partial charge in [0.25, 0.3) is 0 Å². The molecule has 0 aromatic heterocycles. The number of rotatable bonds is 5. The second kappa shape index (κ2) is 6.02. The zero-order valence-corrected chi connectivity index (χ0v) is 11.6. The maximum Gasteiger partial charge on any atom is 0.239 e. The van der Waals surface area contributed by atoms with E-state index < -0.39 is 33.9 Å². The minimum absolute atomic E-state index is 0.407. The van der Waals surface area contributed by atoms with Gasteiger partial charge in [0.05, 0.1) is 12.4 Å². The standard InChI is InChI=1S/C14H15NO4S/c16-8-9-20(18,19)10-14(17)15-13-7-3-5-11-4-1-2-6-12(11)13/h1-7,16H,8-10H2,(H,15,17). The van der Waals surface area contributed by atoms with Crippen LogP contribution in [0.2, 0.25) is 0 Å². The molecule has 106 valence electrons. The first-order valence-electron chi connectivity index (χ1n) is 6.11. The Labute approximate surface area is 117 Å². The number of hydrogen-bond donors (Lipinski definition) is 2. The minimum atomic E-state index is -3.57. The van der Waals surface area contributed by atoms with E-state index in [1.165, 1.54) is 0 Å². The average Bonchev–Trinajstić information content (AvgIpc) is 2.38. The van der Waals surface area contributed by atoms with E-state index in [2.05, 4.69) is 5.32 Å². The summed E-state index contributed by atoms with van der Waals surface area (Å²) >= 11 is 0. The molecule has 2 aromatic carbocycles. The van der Waals surface area contributed by atoms with Crippen LogP contribution in [0.25, 0.3) is 10.8 Å². The molecular formula is C14H15NO4S. The summed E-state index contributed by atoms with van der Waals surface area (Å²) in [7, 11) is -3.57. The molecule has 0 aliphatic carbocycles. The molecule has 0 aliphatic rings. The van der Waals surface area contributed by atoms with Crippen LogP contribution < -0.4 is 5.32 Å². The number of carbonyl (C=O) groups is 1. The molecule has 2 N–H and O–H groups in total. The van der Waals surface area contributed by atoms with Gasteiger partial charge in [-0.3, -0.25) is 4.79 Å². The lowest BCUT2D eigenvalue weighted by atomic mass is 10.1. The lowest BCUT2D eigenvalue weighted by Crippen LogP contribution is -2.25. The summed E-state index contributed by atoms with van der Waals surface area (Å²) in [4.78, 5) is 11.8. The van der Waals surface area contributed by atoms with Gasteiger partial charge in [-0.25, -0.2) is 8.42 Å². The molecule has 0 saturated carbocycles. The van der Waals surface area contributed by atoms with Crippen molar-refractivity contribution < 1.29 is 18.3 Å². The molecule has 5 nitrogen and oxygen atoms in total. The number of anilines is 1. The van der Waals surface area contributed by atoms with Crippen LogP contribution in [-0.4, -0.2) is 37.5 Å². The van der Waals surface area contributed by atoms with E-state index in [1.54, 1.807) is 12.1 Å². The SMILES string of the molecule is O=C(CS(=O)(=O)CCO)Nc1cccc2ccccc12. The molecule has 0 fully saturated rings. The number of aliphatic hydroxyl groups excluding tert-OH is 1. The van der Waals surface area contributed by atoms with Gasteiger partial charge in [-0.05, 0) is 11.5 Å². The molecule has 6 heteroatoms. The summed E-state index contributed by atoms with van der Waals surface area (Å²) in [6.45, 7) is -0.482. The molecule has 20 heavy (non-hydrogen) atoms. The molecule has 0 saturated heterocycles. The maximum atomic E-state index is 11.8. The van der Waals surface area contributed by atoms with Crippen molar-refractivity contribution in [2.75, 3.05) is 23.4 Å². The van der Waals surface area contributed by atoms with Gasteiger partial charge in [-0.2, -0.15) is 0 Å². The van der Waals surface area contributed by atoms with E-state index in [4.69, 9.17) is 5.11 Å².